The molecule has 18 rings (SSSR count). The molecule has 0 bridgehead atoms. The highest BCUT2D eigenvalue weighted by Crippen LogP contribution is 2.25. The summed E-state index contributed by atoms with van der Waals surface area (Å²) in [7, 11) is 19.2. The Morgan fingerprint density at radius 1 is 0.367 bits per heavy atom. The summed E-state index contributed by atoms with van der Waals surface area (Å²) >= 11 is 5.45. The summed E-state index contributed by atoms with van der Waals surface area (Å²) in [5.74, 6) is 3.25. The van der Waals surface area contributed by atoms with E-state index in [0.29, 0.717) is 0 Å². The lowest BCUT2D eigenvalue weighted by atomic mass is 10.1. The summed E-state index contributed by atoms with van der Waals surface area (Å²) in [6, 6.07) is 6.51. The van der Waals surface area contributed by atoms with Crippen molar-refractivity contribution in [1.82, 2.24) is 89.2 Å². The number of aromatic nitrogens is 9. The van der Waals surface area contributed by atoms with Crippen LogP contribution in [0.2, 0.25) is 0 Å². The zero-order chi connectivity index (χ0) is 62.8. The van der Waals surface area contributed by atoms with Crippen molar-refractivity contribution >= 4 is 34.0 Å². The van der Waals surface area contributed by atoms with Crippen molar-refractivity contribution in [1.29, 1.82) is 0 Å². The molecule has 0 aliphatic carbocycles. The lowest BCUT2D eigenvalue weighted by Gasteiger charge is -2.21. The molecule has 0 amide bonds. The van der Waals surface area contributed by atoms with Crippen molar-refractivity contribution < 1.29 is 13.3 Å². The topological polar surface area (TPSA) is 193 Å². The van der Waals surface area contributed by atoms with Crippen LogP contribution in [-0.4, -0.2) is 212 Å². The minimum atomic E-state index is 0.912. The average molecular weight is 1290 g/mol. The highest BCUT2D eigenvalue weighted by Gasteiger charge is 2.21. The predicted octanol–water partition coefficient (Wildman–Crippen LogP) is 8.39. The molecule has 9 aliphatic heterocycles. The zero-order valence-corrected chi connectivity index (χ0v) is 57.1. The van der Waals surface area contributed by atoms with Gasteiger partial charge < -0.3 is 52.6 Å². The van der Waals surface area contributed by atoms with Crippen LogP contribution in [0.4, 0.5) is 0 Å². The van der Waals surface area contributed by atoms with Gasteiger partial charge in [0.2, 0.25) is 0 Å². The summed E-state index contributed by atoms with van der Waals surface area (Å²) in [5, 5.41) is 9.19. The molecule has 0 fully saturated rings. The van der Waals surface area contributed by atoms with E-state index in [1.54, 1.807) is 45.7 Å². The highest BCUT2D eigenvalue weighted by atomic mass is 32.1. The van der Waals surface area contributed by atoms with E-state index in [1.165, 1.54) is 112 Å². The van der Waals surface area contributed by atoms with Gasteiger partial charge in [-0.15, -0.1) is 34.0 Å². The fourth-order valence-electron chi connectivity index (χ4n) is 11.9. The van der Waals surface area contributed by atoms with Gasteiger partial charge in [0.15, 0.2) is 12.8 Å². The first-order valence-electron chi connectivity index (χ1n) is 31.8. The van der Waals surface area contributed by atoms with Crippen LogP contribution in [0.15, 0.2) is 85.6 Å². The van der Waals surface area contributed by atoms with Crippen LogP contribution in [0.25, 0.3) is 0 Å². The number of fused-ring (bicyclic) bond motifs is 9. The van der Waals surface area contributed by atoms with Crippen LogP contribution < -0.4 is 0 Å². The van der Waals surface area contributed by atoms with Gasteiger partial charge in [-0.25, -0.2) is 24.9 Å². The second kappa shape index (κ2) is 33.5. The molecule has 0 saturated carbocycles. The summed E-state index contributed by atoms with van der Waals surface area (Å²) in [6.07, 6.45) is 20.7. The maximum absolute atomic E-state index is 5.28. The van der Waals surface area contributed by atoms with E-state index in [1.807, 2.05) is 34.8 Å². The number of nitrogens with one attached hydrogen (secondary N) is 3. The van der Waals surface area contributed by atoms with Crippen molar-refractivity contribution in [2.75, 3.05) is 122 Å². The summed E-state index contributed by atoms with van der Waals surface area (Å²) in [6.45, 7) is 19.7. The van der Waals surface area contributed by atoms with Gasteiger partial charge in [-0.1, -0.05) is 0 Å². The Balaban J connectivity index is 0.000000111. The molecule has 9 aromatic heterocycles. The third-order valence-electron chi connectivity index (χ3n) is 17.6. The second-order valence-electron chi connectivity index (χ2n) is 25.2. The molecule has 21 nitrogen and oxygen atoms in total. The maximum Gasteiger partial charge on any atom is 0.181 e. The molecule has 24 heteroatoms. The van der Waals surface area contributed by atoms with Gasteiger partial charge in [0.1, 0.15) is 17.3 Å². The molecule has 486 valence electrons. The summed E-state index contributed by atoms with van der Waals surface area (Å²) in [4.78, 5) is 52.5. The van der Waals surface area contributed by atoms with E-state index in [4.69, 9.17) is 13.3 Å². The Morgan fingerprint density at radius 2 is 0.933 bits per heavy atom. The number of oxazole rings is 2. The van der Waals surface area contributed by atoms with Crippen LogP contribution in [0.5, 0.6) is 0 Å². The number of furan rings is 1. The standard InChI is InChI=1S/C8H12N2.C8H11NO.C8H11NS.2C7H11N3.2C7H10N2O.2C7H10N2S/c1-10-5-3-7-2-4-9-8(7)6-10;2*1-9-4-2-7-3-5-10-8(7)6-9;1-10-3-2-7-6(5-10)4-8-9-7;1-10-3-2-6-7(4-10)9-5-8-6;1-9-3-2-7-6(4-9)8-5-10-7;1-9-3-2-6-7(4-9)10-5-8-6;1-9-3-2-7-6(4-9)8-5-10-7;1-9-3-2-6-7(4-9)10-5-8-6/h2,4,9H,3,5-6H2,1H3;2*3,5H,2,4,6H2,1H3;4H,2-3,5H2,1H3,(H,8,9);5H,2-4H2,1H3,(H,8,9);4*5H,2-4H2,1H3. The normalized spacial score (nSPS) is 18.9. The molecule has 9 aromatic rings. The number of nitrogens with zero attached hydrogens (tertiary/aromatic N) is 15. The third-order valence-corrected chi connectivity index (χ3v) is 20.3. The Kier molecular flexibility index (Phi) is 24.9. The Hall–Kier alpha value is -6.00. The Labute approximate surface area is 544 Å². The van der Waals surface area contributed by atoms with Gasteiger partial charge in [-0.2, -0.15) is 5.10 Å². The number of aromatic amines is 3. The number of thiazole rings is 2. The minimum Gasteiger partial charge on any atom is -0.468 e. The number of imidazole rings is 1. The molecule has 0 radical (unpaired) electrons. The highest BCUT2D eigenvalue weighted by molar-refractivity contribution is 7.10. The molecular formula is C66H96N18O3S3. The number of likely N-dealkylation sites (N-methyl/N-ethyl adjacent to an activating group) is 9. The molecule has 0 saturated heterocycles. The predicted molar refractivity (Wildman–Crippen MR) is 359 cm³/mol. The van der Waals surface area contributed by atoms with E-state index in [2.05, 4.69) is 176 Å². The SMILES string of the molecule is CN1CCc2[nH]ncc2C1.CN1CCc2cc[nH]c2C1.CN1CCc2ccoc2C1.CN1CCc2ccsc2C1.CN1CCc2nc[nH]c2C1.CN1CCc2ncoc2C1.CN1CCc2ncsc2C1.CN1CCc2ocnc2C1.CN1CCc2scnc2C1. The number of H-pyrrole nitrogens is 3. The van der Waals surface area contributed by atoms with Gasteiger partial charge in [-0.05, 0) is 129 Å². The average Bonchev–Trinajstić information content (AvgIpc) is 4.54. The first-order chi connectivity index (χ1) is 43.7. The zero-order valence-electron chi connectivity index (χ0n) is 54.7. The molecule has 0 spiro atoms. The summed E-state index contributed by atoms with van der Waals surface area (Å²) in [5.41, 5.74) is 19.8. The fourth-order valence-corrected chi connectivity index (χ4v) is 14.6. The first-order valence-corrected chi connectivity index (χ1v) is 34.5. The van der Waals surface area contributed by atoms with Crippen molar-refractivity contribution in [2.24, 2.45) is 0 Å². The molecule has 90 heavy (non-hydrogen) atoms. The smallest absolute Gasteiger partial charge is 0.181 e. The molecule has 0 atom stereocenters. The third kappa shape index (κ3) is 19.8. The van der Waals surface area contributed by atoms with Crippen molar-refractivity contribution in [2.45, 2.75) is 117 Å². The minimum absolute atomic E-state index is 0.912. The number of hydrogen-bond acceptors (Lipinski definition) is 21. The lowest BCUT2D eigenvalue weighted by Crippen LogP contribution is -2.26. The van der Waals surface area contributed by atoms with Crippen LogP contribution in [0.3, 0.4) is 0 Å². The quantitative estimate of drug-likeness (QED) is 0.131. The van der Waals surface area contributed by atoms with E-state index < -0.39 is 0 Å². The van der Waals surface area contributed by atoms with Crippen molar-refractivity contribution in [3.05, 3.63) is 172 Å². The van der Waals surface area contributed by atoms with Gasteiger partial charge in [0, 0.05) is 175 Å². The van der Waals surface area contributed by atoms with Crippen LogP contribution >= 0.6 is 34.0 Å². The summed E-state index contributed by atoms with van der Waals surface area (Å²) < 4.78 is 15.6. The van der Waals surface area contributed by atoms with Crippen molar-refractivity contribution in [3.63, 3.8) is 0 Å². The number of hydrogen-bond donors (Lipinski definition) is 3. The van der Waals surface area contributed by atoms with E-state index in [0.717, 1.165) is 165 Å². The van der Waals surface area contributed by atoms with E-state index >= 15 is 0 Å². The molecule has 0 unspecified atom stereocenters. The Morgan fingerprint density at radius 3 is 1.72 bits per heavy atom. The monoisotopic (exact) mass is 1280 g/mol. The largest absolute Gasteiger partial charge is 0.468 e. The molecular weight excluding hydrogens is 1190 g/mol. The van der Waals surface area contributed by atoms with Crippen LogP contribution in [0, 0.1) is 0 Å². The molecule has 18 heterocycles. The van der Waals surface area contributed by atoms with E-state index in [-0.39, 0.29) is 0 Å². The van der Waals surface area contributed by atoms with Gasteiger partial charge in [-0.3, -0.25) is 19.8 Å². The molecule has 3 N–H and O–H groups in total. The molecule has 9 aliphatic rings. The number of rotatable bonds is 0. The van der Waals surface area contributed by atoms with Gasteiger partial charge in [0.25, 0.3) is 0 Å². The lowest BCUT2D eigenvalue weighted by molar-refractivity contribution is 0.277. The van der Waals surface area contributed by atoms with Gasteiger partial charge >= 0.3 is 0 Å². The van der Waals surface area contributed by atoms with Crippen LogP contribution in [0.1, 0.15) is 99.7 Å². The fraction of sp³-hybridized carbons (Fsp3) is 0.545. The first kappa shape index (κ1) is 66.9. The van der Waals surface area contributed by atoms with Crippen molar-refractivity contribution in [3.8, 4) is 0 Å². The van der Waals surface area contributed by atoms with Gasteiger partial charge in [0.05, 0.1) is 77.1 Å². The second-order valence-corrected chi connectivity index (χ2v) is 28.1. The maximum atomic E-state index is 5.28. The van der Waals surface area contributed by atoms with E-state index in [9.17, 15) is 0 Å². The number of thiophene rings is 1. The van der Waals surface area contributed by atoms with Crippen LogP contribution in [-0.2, 0) is 117 Å². The molecule has 0 aromatic carbocycles. The Bertz CT molecular complexity index is 2790.